The first-order chi connectivity index (χ1) is 6.83. The number of pyridine rings is 1. The van der Waals surface area contributed by atoms with Crippen molar-refractivity contribution in [1.82, 2.24) is 4.98 Å². The third-order valence-electron chi connectivity index (χ3n) is 2.01. The van der Waals surface area contributed by atoms with Gasteiger partial charge in [-0.25, -0.2) is 4.98 Å². The summed E-state index contributed by atoms with van der Waals surface area (Å²) in [7, 11) is 0. The number of hydrogen-bond acceptors (Lipinski definition) is 4. The molecule has 0 aliphatic carbocycles. The van der Waals surface area contributed by atoms with E-state index in [1.54, 1.807) is 6.20 Å². The van der Waals surface area contributed by atoms with Crippen molar-refractivity contribution >= 4 is 5.69 Å². The standard InChI is InChI=1S/C10H14N4/c1-2-14(7-5-11)10-4-3-6-13-9(10)8-12/h3-4,6H,2,5,7,11H2,1H3. The number of nitriles is 1. The average molecular weight is 190 g/mol. The van der Waals surface area contributed by atoms with E-state index in [0.29, 0.717) is 12.2 Å². The maximum Gasteiger partial charge on any atom is 0.163 e. The highest BCUT2D eigenvalue weighted by Crippen LogP contribution is 2.16. The second-order valence-electron chi connectivity index (χ2n) is 2.85. The lowest BCUT2D eigenvalue weighted by molar-refractivity contribution is 0.812. The fraction of sp³-hybridized carbons (Fsp3) is 0.400. The number of rotatable bonds is 4. The average Bonchev–Trinajstić information content (AvgIpc) is 2.26. The molecule has 0 radical (unpaired) electrons. The van der Waals surface area contributed by atoms with Gasteiger partial charge in [0, 0.05) is 25.8 Å². The van der Waals surface area contributed by atoms with Gasteiger partial charge in [-0.15, -0.1) is 0 Å². The van der Waals surface area contributed by atoms with Gasteiger partial charge in [0.25, 0.3) is 0 Å². The first-order valence-electron chi connectivity index (χ1n) is 4.63. The van der Waals surface area contributed by atoms with Crippen molar-refractivity contribution in [1.29, 1.82) is 5.26 Å². The van der Waals surface area contributed by atoms with Crippen molar-refractivity contribution in [2.24, 2.45) is 5.73 Å². The summed E-state index contributed by atoms with van der Waals surface area (Å²) < 4.78 is 0. The van der Waals surface area contributed by atoms with Gasteiger partial charge >= 0.3 is 0 Å². The van der Waals surface area contributed by atoms with Crippen LogP contribution in [0.1, 0.15) is 12.6 Å². The van der Waals surface area contributed by atoms with Crippen LogP contribution < -0.4 is 10.6 Å². The summed E-state index contributed by atoms with van der Waals surface area (Å²) in [5.41, 5.74) is 6.81. The number of anilines is 1. The minimum atomic E-state index is 0.461. The van der Waals surface area contributed by atoms with Crippen LogP contribution >= 0.6 is 0 Å². The topological polar surface area (TPSA) is 65.9 Å². The van der Waals surface area contributed by atoms with E-state index in [0.717, 1.165) is 18.8 Å². The van der Waals surface area contributed by atoms with Gasteiger partial charge < -0.3 is 10.6 Å². The first kappa shape index (κ1) is 10.5. The Morgan fingerprint density at radius 3 is 3.00 bits per heavy atom. The van der Waals surface area contributed by atoms with Crippen molar-refractivity contribution in [3.8, 4) is 6.07 Å². The third-order valence-corrected chi connectivity index (χ3v) is 2.01. The quantitative estimate of drug-likeness (QED) is 0.760. The molecule has 4 nitrogen and oxygen atoms in total. The first-order valence-corrected chi connectivity index (χ1v) is 4.63. The molecule has 0 atom stereocenters. The fourth-order valence-corrected chi connectivity index (χ4v) is 1.34. The molecule has 74 valence electrons. The Morgan fingerprint density at radius 1 is 1.64 bits per heavy atom. The molecular formula is C10H14N4. The van der Waals surface area contributed by atoms with Gasteiger partial charge in [0.2, 0.25) is 0 Å². The Balaban J connectivity index is 2.97. The van der Waals surface area contributed by atoms with E-state index in [1.807, 2.05) is 24.0 Å². The summed E-state index contributed by atoms with van der Waals surface area (Å²) in [5, 5.41) is 8.86. The predicted octanol–water partition coefficient (Wildman–Crippen LogP) is 0.738. The lowest BCUT2D eigenvalue weighted by Gasteiger charge is -2.22. The molecule has 0 aromatic carbocycles. The second-order valence-corrected chi connectivity index (χ2v) is 2.85. The molecule has 0 aliphatic rings. The molecule has 1 aromatic heterocycles. The Kier molecular flexibility index (Phi) is 3.89. The number of nitrogens with two attached hydrogens (primary N) is 1. The SMILES string of the molecule is CCN(CCN)c1cccnc1C#N. The fourth-order valence-electron chi connectivity index (χ4n) is 1.34. The maximum atomic E-state index is 8.86. The second kappa shape index (κ2) is 5.20. The van der Waals surface area contributed by atoms with E-state index in [1.165, 1.54) is 0 Å². The number of likely N-dealkylation sites (N-methyl/N-ethyl adjacent to an activating group) is 1. The van der Waals surface area contributed by atoms with Crippen LogP contribution in [0.25, 0.3) is 0 Å². The van der Waals surface area contributed by atoms with Gasteiger partial charge in [-0.05, 0) is 19.1 Å². The highest BCUT2D eigenvalue weighted by Gasteiger charge is 2.08. The summed E-state index contributed by atoms with van der Waals surface area (Å²) >= 11 is 0. The zero-order valence-electron chi connectivity index (χ0n) is 8.27. The molecule has 0 spiro atoms. The summed E-state index contributed by atoms with van der Waals surface area (Å²) in [4.78, 5) is 6.05. The molecule has 2 N–H and O–H groups in total. The molecule has 0 amide bonds. The molecule has 1 heterocycles. The minimum absolute atomic E-state index is 0.461. The highest BCUT2D eigenvalue weighted by atomic mass is 15.1. The predicted molar refractivity (Wildman–Crippen MR) is 55.9 cm³/mol. The molecule has 4 heteroatoms. The van der Waals surface area contributed by atoms with E-state index in [-0.39, 0.29) is 0 Å². The zero-order chi connectivity index (χ0) is 10.4. The molecule has 0 bridgehead atoms. The van der Waals surface area contributed by atoms with Gasteiger partial charge in [0.1, 0.15) is 6.07 Å². The van der Waals surface area contributed by atoms with Gasteiger partial charge in [-0.2, -0.15) is 5.26 Å². The summed E-state index contributed by atoms with van der Waals surface area (Å²) in [5.74, 6) is 0. The Bertz CT molecular complexity index is 329. The van der Waals surface area contributed by atoms with E-state index in [9.17, 15) is 0 Å². The summed E-state index contributed by atoms with van der Waals surface area (Å²) in [6, 6.07) is 5.80. The van der Waals surface area contributed by atoms with Crippen molar-refractivity contribution in [3.05, 3.63) is 24.0 Å². The van der Waals surface area contributed by atoms with Crippen LogP contribution in [-0.4, -0.2) is 24.6 Å². The highest BCUT2D eigenvalue weighted by molar-refractivity contribution is 5.55. The van der Waals surface area contributed by atoms with Crippen LogP contribution in [0, 0.1) is 11.3 Å². The molecule has 0 fully saturated rings. The normalized spacial score (nSPS) is 9.50. The number of nitrogens with zero attached hydrogens (tertiary/aromatic N) is 3. The van der Waals surface area contributed by atoms with Gasteiger partial charge in [0.15, 0.2) is 5.69 Å². The smallest absolute Gasteiger partial charge is 0.163 e. The molecule has 1 rings (SSSR count). The number of aromatic nitrogens is 1. The molecule has 0 saturated heterocycles. The molecule has 0 saturated carbocycles. The Hall–Kier alpha value is -1.60. The van der Waals surface area contributed by atoms with Crippen molar-refractivity contribution < 1.29 is 0 Å². The Morgan fingerprint density at radius 2 is 2.43 bits per heavy atom. The van der Waals surface area contributed by atoms with E-state index >= 15 is 0 Å². The molecule has 1 aromatic rings. The third kappa shape index (κ3) is 2.21. The van der Waals surface area contributed by atoms with Gasteiger partial charge in [-0.3, -0.25) is 0 Å². The van der Waals surface area contributed by atoms with E-state index in [4.69, 9.17) is 11.0 Å². The number of hydrogen-bond donors (Lipinski definition) is 1. The molecule has 0 aliphatic heterocycles. The van der Waals surface area contributed by atoms with Crippen LogP contribution in [0.4, 0.5) is 5.69 Å². The minimum Gasteiger partial charge on any atom is -0.368 e. The molecule has 0 unspecified atom stereocenters. The lowest BCUT2D eigenvalue weighted by atomic mass is 10.2. The molecule has 14 heavy (non-hydrogen) atoms. The molecular weight excluding hydrogens is 176 g/mol. The lowest BCUT2D eigenvalue weighted by Crippen LogP contribution is -2.29. The monoisotopic (exact) mass is 190 g/mol. The van der Waals surface area contributed by atoms with Crippen LogP contribution in [0.2, 0.25) is 0 Å². The van der Waals surface area contributed by atoms with Crippen molar-refractivity contribution in [2.45, 2.75) is 6.92 Å². The zero-order valence-corrected chi connectivity index (χ0v) is 8.27. The van der Waals surface area contributed by atoms with Crippen LogP contribution in [-0.2, 0) is 0 Å². The van der Waals surface area contributed by atoms with E-state index < -0.39 is 0 Å². The summed E-state index contributed by atoms with van der Waals surface area (Å²) in [6.07, 6.45) is 1.62. The van der Waals surface area contributed by atoms with Gasteiger partial charge in [0.05, 0.1) is 5.69 Å². The van der Waals surface area contributed by atoms with Crippen LogP contribution in [0.5, 0.6) is 0 Å². The van der Waals surface area contributed by atoms with Crippen LogP contribution in [0.15, 0.2) is 18.3 Å². The Labute approximate surface area is 84.0 Å². The van der Waals surface area contributed by atoms with Crippen molar-refractivity contribution in [3.63, 3.8) is 0 Å². The van der Waals surface area contributed by atoms with E-state index in [2.05, 4.69) is 11.1 Å². The van der Waals surface area contributed by atoms with Crippen molar-refractivity contribution in [2.75, 3.05) is 24.5 Å². The summed E-state index contributed by atoms with van der Waals surface area (Å²) in [6.45, 7) is 4.19. The van der Waals surface area contributed by atoms with Crippen LogP contribution in [0.3, 0.4) is 0 Å². The largest absolute Gasteiger partial charge is 0.368 e. The van der Waals surface area contributed by atoms with Gasteiger partial charge in [-0.1, -0.05) is 0 Å². The maximum absolute atomic E-state index is 8.86.